The highest BCUT2D eigenvalue weighted by molar-refractivity contribution is 6.17. The molecule has 37 heavy (non-hydrogen) atoms. The van der Waals surface area contributed by atoms with E-state index in [9.17, 15) is 9.59 Å². The van der Waals surface area contributed by atoms with Gasteiger partial charge >= 0.3 is 0 Å². The van der Waals surface area contributed by atoms with Crippen molar-refractivity contribution in [1.29, 1.82) is 0 Å². The molecule has 0 bridgehead atoms. The van der Waals surface area contributed by atoms with E-state index in [0.29, 0.717) is 28.2 Å². The molecule has 1 atom stereocenters. The Morgan fingerprint density at radius 2 is 1.14 bits per heavy atom. The highest BCUT2D eigenvalue weighted by Crippen LogP contribution is 2.33. The highest BCUT2D eigenvalue weighted by atomic mass is 16.1. The van der Waals surface area contributed by atoms with E-state index in [1.165, 1.54) is 19.3 Å². The van der Waals surface area contributed by atoms with Gasteiger partial charge in [0.05, 0.1) is 0 Å². The van der Waals surface area contributed by atoms with Crippen LogP contribution in [0.2, 0.25) is 0 Å². The Balaban J connectivity index is 1.65. The zero-order chi connectivity index (χ0) is 25.8. The van der Waals surface area contributed by atoms with Crippen molar-refractivity contribution in [2.24, 2.45) is 5.92 Å². The van der Waals surface area contributed by atoms with Gasteiger partial charge in [0.25, 0.3) is 0 Å². The number of fused-ring (bicyclic) bond motifs is 3. The zero-order valence-corrected chi connectivity index (χ0v) is 21.6. The van der Waals surface area contributed by atoms with Gasteiger partial charge in [0.1, 0.15) is 0 Å². The maximum Gasteiger partial charge on any atom is 0.193 e. The lowest BCUT2D eigenvalue weighted by molar-refractivity contribution is 0.103. The van der Waals surface area contributed by atoms with Gasteiger partial charge in [-0.3, -0.25) is 9.59 Å². The number of hydrogen-bond donors (Lipinski definition) is 0. The van der Waals surface area contributed by atoms with Crippen molar-refractivity contribution in [3.8, 4) is 0 Å². The van der Waals surface area contributed by atoms with Gasteiger partial charge in [-0.2, -0.15) is 0 Å². The van der Waals surface area contributed by atoms with Crippen LogP contribution >= 0.6 is 0 Å². The Bertz CT molecular complexity index is 1440. The van der Waals surface area contributed by atoms with Crippen molar-refractivity contribution < 1.29 is 9.59 Å². The van der Waals surface area contributed by atoms with Crippen LogP contribution in [0.25, 0.3) is 21.8 Å². The summed E-state index contributed by atoms with van der Waals surface area (Å²) in [4.78, 5) is 26.5. The van der Waals surface area contributed by atoms with Crippen molar-refractivity contribution in [2.75, 3.05) is 0 Å². The minimum absolute atomic E-state index is 0.00861. The number of ketones is 2. The second-order valence-corrected chi connectivity index (χ2v) is 9.88. The molecule has 0 radical (unpaired) electrons. The maximum absolute atomic E-state index is 13.3. The Morgan fingerprint density at radius 1 is 0.649 bits per heavy atom. The van der Waals surface area contributed by atoms with Gasteiger partial charge in [0.15, 0.2) is 11.6 Å². The van der Waals surface area contributed by atoms with Gasteiger partial charge in [-0.05, 0) is 48.7 Å². The van der Waals surface area contributed by atoms with E-state index in [0.717, 1.165) is 34.8 Å². The summed E-state index contributed by atoms with van der Waals surface area (Å²) in [7, 11) is 0. The quantitative estimate of drug-likeness (QED) is 0.185. The number of rotatable bonds is 10. The molecule has 4 aromatic carbocycles. The predicted molar refractivity (Wildman–Crippen MR) is 152 cm³/mol. The third kappa shape index (κ3) is 4.99. The van der Waals surface area contributed by atoms with E-state index in [1.807, 2.05) is 84.9 Å². The average molecular weight is 488 g/mol. The van der Waals surface area contributed by atoms with Gasteiger partial charge in [0.2, 0.25) is 0 Å². The summed E-state index contributed by atoms with van der Waals surface area (Å²) >= 11 is 0. The summed E-state index contributed by atoms with van der Waals surface area (Å²) < 4.78 is 2.39. The third-order valence-corrected chi connectivity index (χ3v) is 7.45. The summed E-state index contributed by atoms with van der Waals surface area (Å²) in [6.45, 7) is 5.43. The molecule has 0 saturated heterocycles. The highest BCUT2D eigenvalue weighted by Gasteiger charge is 2.19. The van der Waals surface area contributed by atoms with Gasteiger partial charge < -0.3 is 4.57 Å². The lowest BCUT2D eigenvalue weighted by atomic mass is 9.99. The van der Waals surface area contributed by atoms with Gasteiger partial charge in [-0.25, -0.2) is 0 Å². The third-order valence-electron chi connectivity index (χ3n) is 7.45. The number of carbonyl (C=O) groups is 2. The average Bonchev–Trinajstić information content (AvgIpc) is 3.27. The molecule has 3 heteroatoms. The minimum atomic E-state index is 0.00861. The van der Waals surface area contributed by atoms with Crippen LogP contribution in [-0.4, -0.2) is 16.1 Å². The largest absolute Gasteiger partial charge is 0.340 e. The first kappa shape index (κ1) is 24.7. The molecule has 1 heterocycles. The number of benzene rings is 4. The lowest BCUT2D eigenvalue weighted by Crippen LogP contribution is -2.10. The number of nitrogens with zero attached hydrogens (tertiary/aromatic N) is 1. The van der Waals surface area contributed by atoms with E-state index in [1.54, 1.807) is 0 Å². The molecule has 1 aromatic heterocycles. The second kappa shape index (κ2) is 11.0. The first-order valence-electron chi connectivity index (χ1n) is 13.4. The number of hydrogen-bond acceptors (Lipinski definition) is 2. The SMILES string of the molecule is CCCCC(CC)Cn1c2ccc(C(=O)c3ccccc3)cc2c2cc(C(=O)c3ccccc3)ccc21. The Hall–Kier alpha value is -3.98. The smallest absolute Gasteiger partial charge is 0.193 e. The summed E-state index contributed by atoms with van der Waals surface area (Å²) in [5.74, 6) is 0.596. The van der Waals surface area contributed by atoms with Gasteiger partial charge in [0, 0.05) is 50.6 Å². The van der Waals surface area contributed by atoms with Crippen LogP contribution in [0.15, 0.2) is 97.1 Å². The summed E-state index contributed by atoms with van der Waals surface area (Å²) in [6.07, 6.45) is 4.74. The first-order chi connectivity index (χ1) is 18.1. The molecule has 0 aliphatic heterocycles. The molecule has 186 valence electrons. The standard InChI is InChI=1S/C34H33NO2/c1-3-5-12-24(4-2)23-35-31-19-17-27(33(36)25-13-8-6-9-14-25)21-29(31)30-22-28(18-20-32(30)35)34(37)26-15-10-7-11-16-26/h6-11,13-22,24H,3-5,12,23H2,1-2H3. The van der Waals surface area contributed by atoms with Crippen LogP contribution in [0, 0.1) is 5.92 Å². The molecule has 0 fully saturated rings. The monoisotopic (exact) mass is 487 g/mol. The van der Waals surface area contributed by atoms with Crippen LogP contribution in [0.4, 0.5) is 0 Å². The van der Waals surface area contributed by atoms with Crippen LogP contribution in [0.5, 0.6) is 0 Å². The second-order valence-electron chi connectivity index (χ2n) is 9.88. The number of aromatic nitrogens is 1. The summed E-state index contributed by atoms with van der Waals surface area (Å²) in [6, 6.07) is 30.9. The fraction of sp³-hybridized carbons (Fsp3) is 0.235. The first-order valence-corrected chi connectivity index (χ1v) is 13.4. The molecule has 5 aromatic rings. The molecule has 0 N–H and O–H groups in total. The maximum atomic E-state index is 13.3. The molecular formula is C34H33NO2. The van der Waals surface area contributed by atoms with Crippen molar-refractivity contribution in [2.45, 2.75) is 46.1 Å². The Morgan fingerprint density at radius 3 is 1.57 bits per heavy atom. The van der Waals surface area contributed by atoms with Gasteiger partial charge in [-0.1, -0.05) is 93.8 Å². The van der Waals surface area contributed by atoms with Crippen molar-refractivity contribution in [1.82, 2.24) is 4.57 Å². The Labute approximate surface area is 218 Å². The molecule has 1 unspecified atom stereocenters. The normalized spacial score (nSPS) is 12.2. The van der Waals surface area contributed by atoms with Crippen LogP contribution in [0.3, 0.4) is 0 Å². The molecule has 0 aliphatic rings. The molecule has 3 nitrogen and oxygen atoms in total. The van der Waals surface area contributed by atoms with Crippen LogP contribution in [0.1, 0.15) is 71.4 Å². The Kier molecular flexibility index (Phi) is 7.32. The van der Waals surface area contributed by atoms with Crippen molar-refractivity contribution >= 4 is 33.4 Å². The fourth-order valence-electron chi connectivity index (χ4n) is 5.27. The molecule has 0 amide bonds. The topological polar surface area (TPSA) is 39.1 Å². The molecule has 0 spiro atoms. The van der Waals surface area contributed by atoms with Crippen LogP contribution in [-0.2, 0) is 6.54 Å². The summed E-state index contributed by atoms with van der Waals surface area (Å²) in [5.41, 5.74) is 4.90. The summed E-state index contributed by atoms with van der Waals surface area (Å²) in [5, 5.41) is 2.04. The van der Waals surface area contributed by atoms with E-state index >= 15 is 0 Å². The van der Waals surface area contributed by atoms with E-state index in [-0.39, 0.29) is 11.6 Å². The zero-order valence-electron chi connectivity index (χ0n) is 21.6. The van der Waals surface area contributed by atoms with Crippen molar-refractivity contribution in [3.63, 3.8) is 0 Å². The lowest BCUT2D eigenvalue weighted by Gasteiger charge is -2.17. The number of carbonyl (C=O) groups excluding carboxylic acids is 2. The fourth-order valence-corrected chi connectivity index (χ4v) is 5.27. The number of unbranched alkanes of at least 4 members (excludes halogenated alkanes) is 1. The van der Waals surface area contributed by atoms with Gasteiger partial charge in [-0.15, -0.1) is 0 Å². The van der Waals surface area contributed by atoms with Crippen molar-refractivity contribution in [3.05, 3.63) is 119 Å². The van der Waals surface area contributed by atoms with E-state index < -0.39 is 0 Å². The van der Waals surface area contributed by atoms with E-state index in [2.05, 4.69) is 30.5 Å². The molecule has 0 aliphatic carbocycles. The molecule has 0 saturated carbocycles. The molecular weight excluding hydrogens is 454 g/mol. The minimum Gasteiger partial charge on any atom is -0.340 e. The van der Waals surface area contributed by atoms with E-state index in [4.69, 9.17) is 0 Å². The van der Waals surface area contributed by atoms with Crippen LogP contribution < -0.4 is 0 Å². The molecule has 5 rings (SSSR count). The predicted octanol–water partition coefficient (Wildman–Crippen LogP) is 8.47.